The Morgan fingerprint density at radius 1 is 1.21 bits per heavy atom. The Balaban J connectivity index is 2.05. The van der Waals surface area contributed by atoms with Gasteiger partial charge in [-0.1, -0.05) is 31.2 Å². The minimum atomic E-state index is 0.714. The highest BCUT2D eigenvalue weighted by Gasteiger charge is 2.24. The van der Waals surface area contributed by atoms with Crippen molar-refractivity contribution in [2.75, 3.05) is 20.1 Å². The molecule has 0 saturated carbocycles. The van der Waals surface area contributed by atoms with Crippen LogP contribution in [-0.2, 0) is 13.0 Å². The number of likely N-dealkylation sites (tertiary alicyclic amines) is 1. The maximum absolute atomic E-state index is 3.25. The molecule has 0 radical (unpaired) electrons. The fourth-order valence-electron chi connectivity index (χ4n) is 3.08. The lowest BCUT2D eigenvalue weighted by molar-refractivity contribution is 0.106. The van der Waals surface area contributed by atoms with Crippen molar-refractivity contribution in [1.29, 1.82) is 0 Å². The monoisotopic (exact) mass is 260 g/mol. The van der Waals surface area contributed by atoms with E-state index < -0.39 is 0 Å². The first-order chi connectivity index (χ1) is 9.22. The van der Waals surface area contributed by atoms with E-state index in [0.717, 1.165) is 25.4 Å². The predicted molar refractivity (Wildman–Crippen MR) is 82.3 cm³/mol. The number of benzene rings is 1. The van der Waals surface area contributed by atoms with Crippen molar-refractivity contribution in [2.24, 2.45) is 5.92 Å². The van der Waals surface area contributed by atoms with Gasteiger partial charge in [-0.25, -0.2) is 0 Å². The summed E-state index contributed by atoms with van der Waals surface area (Å²) in [5, 5.41) is 3.25. The Labute approximate surface area is 118 Å². The van der Waals surface area contributed by atoms with Crippen LogP contribution in [-0.4, -0.2) is 31.1 Å². The lowest BCUT2D eigenvalue weighted by atomic mass is 9.91. The van der Waals surface area contributed by atoms with Crippen LogP contribution in [0.4, 0.5) is 0 Å². The fourth-order valence-corrected chi connectivity index (χ4v) is 3.08. The molecule has 2 atom stereocenters. The van der Waals surface area contributed by atoms with Crippen LogP contribution in [0.5, 0.6) is 0 Å². The second-order valence-electron chi connectivity index (χ2n) is 5.95. The summed E-state index contributed by atoms with van der Waals surface area (Å²) in [5.74, 6) is 0.832. The van der Waals surface area contributed by atoms with E-state index in [-0.39, 0.29) is 0 Å². The summed E-state index contributed by atoms with van der Waals surface area (Å²) < 4.78 is 0. The molecule has 0 bridgehead atoms. The molecule has 2 rings (SSSR count). The first-order valence-corrected chi connectivity index (χ1v) is 7.67. The van der Waals surface area contributed by atoms with Crippen molar-refractivity contribution in [2.45, 2.75) is 45.7 Å². The van der Waals surface area contributed by atoms with Crippen molar-refractivity contribution in [3.8, 4) is 0 Å². The summed E-state index contributed by atoms with van der Waals surface area (Å²) >= 11 is 0. The van der Waals surface area contributed by atoms with Crippen molar-refractivity contribution in [3.05, 3.63) is 35.4 Å². The Morgan fingerprint density at radius 2 is 1.95 bits per heavy atom. The van der Waals surface area contributed by atoms with Gasteiger partial charge in [-0.15, -0.1) is 0 Å². The van der Waals surface area contributed by atoms with E-state index in [1.807, 2.05) is 7.05 Å². The molecule has 2 unspecified atom stereocenters. The summed E-state index contributed by atoms with van der Waals surface area (Å²) in [6.07, 6.45) is 3.87. The van der Waals surface area contributed by atoms with E-state index in [4.69, 9.17) is 0 Å². The Bertz CT molecular complexity index is 389. The smallest absolute Gasteiger partial charge is 0.0239 e. The highest BCUT2D eigenvalue weighted by atomic mass is 15.2. The van der Waals surface area contributed by atoms with Crippen molar-refractivity contribution in [3.63, 3.8) is 0 Å². The molecule has 1 N–H and O–H groups in total. The molecule has 1 aromatic rings. The molecule has 2 heteroatoms. The van der Waals surface area contributed by atoms with Crippen molar-refractivity contribution in [1.82, 2.24) is 10.2 Å². The van der Waals surface area contributed by atoms with Crippen molar-refractivity contribution >= 4 is 0 Å². The molecule has 0 aliphatic carbocycles. The van der Waals surface area contributed by atoms with Gasteiger partial charge in [0, 0.05) is 12.6 Å². The van der Waals surface area contributed by atoms with Gasteiger partial charge in [0.15, 0.2) is 0 Å². The van der Waals surface area contributed by atoms with Crippen LogP contribution in [0.15, 0.2) is 24.3 Å². The largest absolute Gasteiger partial charge is 0.319 e. The molecule has 2 nitrogen and oxygen atoms in total. The van der Waals surface area contributed by atoms with Gasteiger partial charge in [0.25, 0.3) is 0 Å². The highest BCUT2D eigenvalue weighted by Crippen LogP contribution is 2.25. The number of nitrogens with zero attached hydrogens (tertiary/aromatic N) is 1. The van der Waals surface area contributed by atoms with Crippen LogP contribution in [0, 0.1) is 5.92 Å². The van der Waals surface area contributed by atoms with Gasteiger partial charge >= 0.3 is 0 Å². The standard InChI is InChI=1S/C17H28N2/c1-14-7-6-12-19(15(14)2)13-17-9-5-4-8-16(17)10-11-18-3/h4-5,8-9,14-15,18H,6-7,10-13H2,1-3H3. The summed E-state index contributed by atoms with van der Waals surface area (Å²) in [6.45, 7) is 8.21. The van der Waals surface area contributed by atoms with Crippen LogP contribution < -0.4 is 5.32 Å². The third-order valence-corrected chi connectivity index (χ3v) is 4.64. The number of piperidine rings is 1. The number of rotatable bonds is 5. The fraction of sp³-hybridized carbons (Fsp3) is 0.647. The van der Waals surface area contributed by atoms with E-state index in [1.165, 1.54) is 30.5 Å². The Morgan fingerprint density at radius 3 is 2.68 bits per heavy atom. The third kappa shape index (κ3) is 3.80. The number of hydrogen-bond acceptors (Lipinski definition) is 2. The number of hydrogen-bond donors (Lipinski definition) is 1. The molecule has 0 spiro atoms. The van der Waals surface area contributed by atoms with Gasteiger partial charge in [0.1, 0.15) is 0 Å². The second kappa shape index (κ2) is 7.06. The van der Waals surface area contributed by atoms with E-state index in [0.29, 0.717) is 6.04 Å². The normalized spacial score (nSPS) is 24.6. The van der Waals surface area contributed by atoms with Gasteiger partial charge < -0.3 is 5.32 Å². The van der Waals surface area contributed by atoms with Gasteiger partial charge in [-0.05, 0) is 63.4 Å². The average Bonchev–Trinajstić information content (AvgIpc) is 2.43. The lowest BCUT2D eigenvalue weighted by Crippen LogP contribution is -2.41. The van der Waals surface area contributed by atoms with E-state index in [1.54, 1.807) is 0 Å². The van der Waals surface area contributed by atoms with E-state index >= 15 is 0 Å². The molecular weight excluding hydrogens is 232 g/mol. The van der Waals surface area contributed by atoms with E-state index in [9.17, 15) is 0 Å². The predicted octanol–water partition coefficient (Wildman–Crippen LogP) is 3.07. The molecule has 1 heterocycles. The summed E-state index contributed by atoms with van der Waals surface area (Å²) in [6, 6.07) is 9.64. The summed E-state index contributed by atoms with van der Waals surface area (Å²) in [7, 11) is 2.02. The lowest BCUT2D eigenvalue weighted by Gasteiger charge is -2.38. The zero-order chi connectivity index (χ0) is 13.7. The average molecular weight is 260 g/mol. The van der Waals surface area contributed by atoms with Crippen LogP contribution in [0.1, 0.15) is 37.8 Å². The minimum Gasteiger partial charge on any atom is -0.319 e. The quantitative estimate of drug-likeness (QED) is 0.875. The molecule has 0 amide bonds. The van der Waals surface area contributed by atoms with E-state index in [2.05, 4.69) is 48.3 Å². The molecule has 106 valence electrons. The molecule has 0 aromatic heterocycles. The molecule has 1 aromatic carbocycles. The minimum absolute atomic E-state index is 0.714. The van der Waals surface area contributed by atoms with Crippen LogP contribution >= 0.6 is 0 Å². The molecule has 1 aliphatic rings. The zero-order valence-corrected chi connectivity index (χ0v) is 12.7. The third-order valence-electron chi connectivity index (χ3n) is 4.64. The highest BCUT2D eigenvalue weighted by molar-refractivity contribution is 5.27. The van der Waals surface area contributed by atoms with Gasteiger partial charge in [-0.3, -0.25) is 4.90 Å². The molecule has 19 heavy (non-hydrogen) atoms. The number of nitrogens with one attached hydrogen (secondary N) is 1. The van der Waals surface area contributed by atoms with Gasteiger partial charge in [0.05, 0.1) is 0 Å². The Kier molecular flexibility index (Phi) is 5.41. The molecule has 1 saturated heterocycles. The maximum Gasteiger partial charge on any atom is 0.0239 e. The molecular formula is C17H28N2. The SMILES string of the molecule is CNCCc1ccccc1CN1CCCC(C)C1C. The number of likely N-dealkylation sites (N-methyl/N-ethyl adjacent to an activating group) is 1. The topological polar surface area (TPSA) is 15.3 Å². The second-order valence-corrected chi connectivity index (χ2v) is 5.95. The Hall–Kier alpha value is -0.860. The summed E-state index contributed by atoms with van der Waals surface area (Å²) in [5.41, 5.74) is 3.01. The van der Waals surface area contributed by atoms with Gasteiger partial charge in [-0.2, -0.15) is 0 Å². The van der Waals surface area contributed by atoms with Crippen LogP contribution in [0.2, 0.25) is 0 Å². The first-order valence-electron chi connectivity index (χ1n) is 7.67. The zero-order valence-electron chi connectivity index (χ0n) is 12.7. The van der Waals surface area contributed by atoms with Crippen molar-refractivity contribution < 1.29 is 0 Å². The molecule has 1 aliphatic heterocycles. The van der Waals surface area contributed by atoms with Crippen LogP contribution in [0.25, 0.3) is 0 Å². The maximum atomic E-state index is 3.25. The van der Waals surface area contributed by atoms with Crippen LogP contribution in [0.3, 0.4) is 0 Å². The van der Waals surface area contributed by atoms with Gasteiger partial charge in [0.2, 0.25) is 0 Å². The first kappa shape index (κ1) is 14.5. The summed E-state index contributed by atoms with van der Waals surface area (Å²) in [4.78, 5) is 2.66. The molecule has 1 fully saturated rings.